The van der Waals surface area contributed by atoms with E-state index in [1.807, 2.05) is 31.4 Å². The Balaban J connectivity index is 1.85. The average molecular weight is 262 g/mol. The van der Waals surface area contributed by atoms with E-state index in [-0.39, 0.29) is 5.91 Å². The minimum atomic E-state index is -0.156. The van der Waals surface area contributed by atoms with Gasteiger partial charge in [0.2, 0.25) is 11.8 Å². The quantitative estimate of drug-likeness (QED) is 0.862. The lowest BCUT2D eigenvalue weighted by atomic mass is 10.4. The molecule has 1 amide bonds. The van der Waals surface area contributed by atoms with Crippen LogP contribution in [0.3, 0.4) is 0 Å². The summed E-state index contributed by atoms with van der Waals surface area (Å²) < 4.78 is 5.37. The van der Waals surface area contributed by atoms with Crippen LogP contribution in [-0.2, 0) is 11.3 Å². The highest BCUT2D eigenvalue weighted by molar-refractivity contribution is 7.10. The molecule has 0 spiro atoms. The summed E-state index contributed by atoms with van der Waals surface area (Å²) in [5.74, 6) is 1.16. The van der Waals surface area contributed by atoms with Gasteiger partial charge < -0.3 is 9.73 Å². The third kappa shape index (κ3) is 3.30. The molecule has 2 aromatic heterocycles. The first-order valence-corrected chi connectivity index (χ1v) is 6.45. The molecule has 94 valence electrons. The summed E-state index contributed by atoms with van der Waals surface area (Å²) in [6.45, 7) is 4.04. The number of carbonyl (C=O) groups excluding carboxylic acids is 1. The molecule has 1 N–H and O–H groups in total. The van der Waals surface area contributed by atoms with E-state index < -0.39 is 0 Å². The van der Waals surface area contributed by atoms with Crippen molar-refractivity contribution in [1.29, 1.82) is 0 Å². The van der Waals surface area contributed by atoms with Gasteiger partial charge >= 0.3 is 0 Å². The van der Waals surface area contributed by atoms with Gasteiger partial charge in [-0.15, -0.1) is 11.3 Å². The predicted molar refractivity (Wildman–Crippen MR) is 71.2 cm³/mol. The van der Waals surface area contributed by atoms with Crippen LogP contribution < -0.4 is 5.32 Å². The van der Waals surface area contributed by atoms with Crippen LogP contribution in [0, 0.1) is 13.8 Å². The fraction of sp³-hybridized carbons (Fsp3) is 0.231. The first-order chi connectivity index (χ1) is 8.65. The minimum Gasteiger partial charge on any atom is -0.444 e. The monoisotopic (exact) mass is 262 g/mol. The zero-order valence-electron chi connectivity index (χ0n) is 10.3. The minimum absolute atomic E-state index is 0.156. The maximum Gasteiger partial charge on any atom is 0.244 e. The summed E-state index contributed by atoms with van der Waals surface area (Å²) in [5.41, 5.74) is 0.855. The maximum atomic E-state index is 11.5. The third-order valence-electron chi connectivity index (χ3n) is 2.43. The molecule has 0 atom stereocenters. The predicted octanol–water partition coefficient (Wildman–Crippen LogP) is 2.68. The van der Waals surface area contributed by atoms with Crippen molar-refractivity contribution in [3.05, 3.63) is 45.8 Å². The van der Waals surface area contributed by atoms with Crippen LogP contribution in [0.5, 0.6) is 0 Å². The SMILES string of the molecule is Cc1nc(CNC(=O)C=Cc2cccs2)oc1C. The Labute approximate surface area is 109 Å². The summed E-state index contributed by atoms with van der Waals surface area (Å²) in [5, 5.41) is 4.69. The molecule has 0 aliphatic carbocycles. The summed E-state index contributed by atoms with van der Waals surface area (Å²) in [4.78, 5) is 16.8. The first kappa shape index (κ1) is 12.6. The molecule has 2 aromatic rings. The van der Waals surface area contributed by atoms with Gasteiger partial charge in [-0.25, -0.2) is 4.98 Å². The molecule has 5 heteroatoms. The number of thiophene rings is 1. The fourth-order valence-electron chi connectivity index (χ4n) is 1.38. The van der Waals surface area contributed by atoms with E-state index in [0.717, 1.165) is 16.3 Å². The second-order valence-corrected chi connectivity index (χ2v) is 4.80. The fourth-order valence-corrected chi connectivity index (χ4v) is 2.00. The van der Waals surface area contributed by atoms with Gasteiger partial charge in [0, 0.05) is 11.0 Å². The molecule has 2 rings (SSSR count). The summed E-state index contributed by atoms with van der Waals surface area (Å²) in [6.07, 6.45) is 3.29. The summed E-state index contributed by atoms with van der Waals surface area (Å²) >= 11 is 1.59. The number of aryl methyl sites for hydroxylation is 2. The van der Waals surface area contributed by atoms with Crippen molar-refractivity contribution in [3.63, 3.8) is 0 Å². The highest BCUT2D eigenvalue weighted by Crippen LogP contribution is 2.10. The molecular weight excluding hydrogens is 248 g/mol. The zero-order chi connectivity index (χ0) is 13.0. The van der Waals surface area contributed by atoms with Crippen molar-refractivity contribution in [1.82, 2.24) is 10.3 Å². The van der Waals surface area contributed by atoms with Crippen LogP contribution in [0.2, 0.25) is 0 Å². The largest absolute Gasteiger partial charge is 0.444 e. The molecule has 0 aromatic carbocycles. The van der Waals surface area contributed by atoms with Gasteiger partial charge in [-0.05, 0) is 31.4 Å². The smallest absolute Gasteiger partial charge is 0.244 e. The van der Waals surface area contributed by atoms with Crippen molar-refractivity contribution in [2.45, 2.75) is 20.4 Å². The number of aromatic nitrogens is 1. The number of rotatable bonds is 4. The second-order valence-electron chi connectivity index (χ2n) is 3.82. The third-order valence-corrected chi connectivity index (χ3v) is 3.27. The van der Waals surface area contributed by atoms with Crippen molar-refractivity contribution >= 4 is 23.3 Å². The number of nitrogens with zero attached hydrogens (tertiary/aromatic N) is 1. The van der Waals surface area contributed by atoms with Gasteiger partial charge in [0.25, 0.3) is 0 Å². The summed E-state index contributed by atoms with van der Waals surface area (Å²) in [7, 11) is 0. The molecule has 0 bridgehead atoms. The van der Waals surface area contributed by atoms with Gasteiger partial charge in [0.05, 0.1) is 12.2 Å². The van der Waals surface area contributed by atoms with Crippen LogP contribution in [-0.4, -0.2) is 10.9 Å². The number of hydrogen-bond acceptors (Lipinski definition) is 4. The van der Waals surface area contributed by atoms with E-state index in [1.165, 1.54) is 6.08 Å². The molecule has 0 fully saturated rings. The standard InChI is InChI=1S/C13H14N2O2S/c1-9-10(2)17-13(15-9)8-14-12(16)6-5-11-4-3-7-18-11/h3-7H,8H2,1-2H3,(H,14,16). The van der Waals surface area contributed by atoms with Gasteiger partial charge in [0.15, 0.2) is 0 Å². The van der Waals surface area contributed by atoms with Crippen molar-refractivity contribution < 1.29 is 9.21 Å². The highest BCUT2D eigenvalue weighted by atomic mass is 32.1. The highest BCUT2D eigenvalue weighted by Gasteiger charge is 2.05. The topological polar surface area (TPSA) is 55.1 Å². The molecule has 0 aliphatic rings. The van der Waals surface area contributed by atoms with Crippen LogP contribution in [0.4, 0.5) is 0 Å². The van der Waals surface area contributed by atoms with Crippen LogP contribution in [0.1, 0.15) is 22.2 Å². The number of nitrogens with one attached hydrogen (secondary N) is 1. The lowest BCUT2D eigenvalue weighted by Gasteiger charge is -1.96. The van der Waals surface area contributed by atoms with E-state index in [4.69, 9.17) is 4.42 Å². The molecule has 4 nitrogen and oxygen atoms in total. The van der Waals surface area contributed by atoms with Crippen molar-refractivity contribution in [2.75, 3.05) is 0 Å². The Kier molecular flexibility index (Phi) is 3.94. The van der Waals surface area contributed by atoms with Gasteiger partial charge in [0.1, 0.15) is 5.76 Å². The molecule has 0 saturated heterocycles. The number of carbonyl (C=O) groups is 1. The zero-order valence-corrected chi connectivity index (χ0v) is 11.1. The van der Waals surface area contributed by atoms with E-state index in [9.17, 15) is 4.79 Å². The Bertz CT molecular complexity index is 536. The molecule has 18 heavy (non-hydrogen) atoms. The molecule has 0 radical (unpaired) electrons. The summed E-state index contributed by atoms with van der Waals surface area (Å²) in [6, 6.07) is 3.90. The molecule has 0 saturated carbocycles. The average Bonchev–Trinajstić information content (AvgIpc) is 2.95. The normalized spacial score (nSPS) is 11.0. The molecule has 2 heterocycles. The Morgan fingerprint density at radius 2 is 2.39 bits per heavy atom. The van der Waals surface area contributed by atoms with E-state index >= 15 is 0 Å². The second kappa shape index (κ2) is 5.64. The maximum absolute atomic E-state index is 11.5. The van der Waals surface area contributed by atoms with Crippen LogP contribution >= 0.6 is 11.3 Å². The Morgan fingerprint density at radius 3 is 3.00 bits per heavy atom. The Hall–Kier alpha value is -1.88. The van der Waals surface area contributed by atoms with E-state index in [2.05, 4.69) is 10.3 Å². The van der Waals surface area contributed by atoms with Crippen molar-refractivity contribution in [3.8, 4) is 0 Å². The Morgan fingerprint density at radius 1 is 1.56 bits per heavy atom. The van der Waals surface area contributed by atoms with Crippen molar-refractivity contribution in [2.24, 2.45) is 0 Å². The molecular formula is C13H14N2O2S. The molecule has 0 unspecified atom stereocenters. The van der Waals surface area contributed by atoms with Gasteiger partial charge in [-0.1, -0.05) is 6.07 Å². The van der Waals surface area contributed by atoms with Gasteiger partial charge in [-0.3, -0.25) is 4.79 Å². The lowest BCUT2D eigenvalue weighted by Crippen LogP contribution is -2.20. The number of amides is 1. The molecule has 0 aliphatic heterocycles. The lowest BCUT2D eigenvalue weighted by molar-refractivity contribution is -0.116. The number of oxazole rings is 1. The van der Waals surface area contributed by atoms with Gasteiger partial charge in [-0.2, -0.15) is 0 Å². The van der Waals surface area contributed by atoms with E-state index in [0.29, 0.717) is 12.4 Å². The van der Waals surface area contributed by atoms with Crippen LogP contribution in [0.25, 0.3) is 6.08 Å². The van der Waals surface area contributed by atoms with Crippen LogP contribution in [0.15, 0.2) is 28.0 Å². The first-order valence-electron chi connectivity index (χ1n) is 5.57. The van der Waals surface area contributed by atoms with E-state index in [1.54, 1.807) is 17.4 Å². The number of hydrogen-bond donors (Lipinski definition) is 1.